The molecular weight excluding hydrogens is 282 g/mol. The number of benzene rings is 1. The summed E-state index contributed by atoms with van der Waals surface area (Å²) in [5.41, 5.74) is 0.471. The van der Waals surface area contributed by atoms with Crippen LogP contribution in [0.5, 0.6) is 0 Å². The van der Waals surface area contributed by atoms with Crippen molar-refractivity contribution in [2.75, 3.05) is 18.1 Å². The maximum Gasteiger partial charge on any atom is 0.323 e. The molecule has 0 spiro atoms. The molecule has 1 amide bonds. The molecule has 1 N–H and O–H groups in total. The Bertz CT molecular complexity index is 500. The van der Waals surface area contributed by atoms with E-state index in [9.17, 15) is 9.59 Å². The van der Waals surface area contributed by atoms with E-state index in [0.29, 0.717) is 23.7 Å². The molecule has 0 aromatic heterocycles. The van der Waals surface area contributed by atoms with Gasteiger partial charge < -0.3 is 9.84 Å². The van der Waals surface area contributed by atoms with Gasteiger partial charge in [-0.25, -0.2) is 0 Å². The van der Waals surface area contributed by atoms with E-state index in [1.54, 1.807) is 24.3 Å². The molecule has 1 heterocycles. The van der Waals surface area contributed by atoms with Gasteiger partial charge in [-0.3, -0.25) is 14.5 Å². The highest BCUT2D eigenvalue weighted by atomic mass is 35.5. The van der Waals surface area contributed by atoms with Crippen LogP contribution < -0.4 is 4.90 Å². The van der Waals surface area contributed by atoms with Gasteiger partial charge in [-0.1, -0.05) is 17.7 Å². The average Bonchev–Trinajstić information content (AvgIpc) is 2.45. The van der Waals surface area contributed by atoms with Gasteiger partial charge in [0.05, 0.1) is 0 Å². The molecule has 0 bridgehead atoms. The SMILES string of the molecule is O=C(O)CN(C(=O)C1CCCCO1)c1cccc(Cl)c1. The number of carbonyl (C=O) groups is 2. The average molecular weight is 298 g/mol. The Morgan fingerprint density at radius 3 is 2.80 bits per heavy atom. The zero-order valence-corrected chi connectivity index (χ0v) is 11.7. The maximum atomic E-state index is 12.4. The van der Waals surface area contributed by atoms with Crippen molar-refractivity contribution in [2.45, 2.75) is 25.4 Å². The summed E-state index contributed by atoms with van der Waals surface area (Å²) in [6, 6.07) is 6.59. The molecule has 0 radical (unpaired) electrons. The first-order chi connectivity index (χ1) is 9.58. The van der Waals surface area contributed by atoms with Crippen LogP contribution in [0.25, 0.3) is 0 Å². The van der Waals surface area contributed by atoms with Crippen molar-refractivity contribution in [3.8, 4) is 0 Å². The zero-order chi connectivity index (χ0) is 14.5. The van der Waals surface area contributed by atoms with Crippen LogP contribution in [0.4, 0.5) is 5.69 Å². The number of hydrogen-bond donors (Lipinski definition) is 1. The lowest BCUT2D eigenvalue weighted by Gasteiger charge is -2.28. The van der Waals surface area contributed by atoms with Crippen molar-refractivity contribution >= 4 is 29.2 Å². The van der Waals surface area contributed by atoms with Crippen molar-refractivity contribution < 1.29 is 19.4 Å². The monoisotopic (exact) mass is 297 g/mol. The van der Waals surface area contributed by atoms with Gasteiger partial charge in [0.25, 0.3) is 5.91 Å². The summed E-state index contributed by atoms with van der Waals surface area (Å²) >= 11 is 5.90. The first-order valence-corrected chi connectivity index (χ1v) is 6.86. The second-order valence-corrected chi connectivity index (χ2v) is 5.09. The predicted molar refractivity (Wildman–Crippen MR) is 75.0 cm³/mol. The standard InChI is InChI=1S/C14H16ClNO4/c15-10-4-3-5-11(8-10)16(9-13(17)18)14(19)12-6-1-2-7-20-12/h3-5,8,12H,1-2,6-7,9H2,(H,17,18). The number of ether oxygens (including phenoxy) is 1. The summed E-state index contributed by atoms with van der Waals surface area (Å²) in [7, 11) is 0. The molecule has 1 aromatic carbocycles. The van der Waals surface area contributed by atoms with Gasteiger partial charge in [-0.05, 0) is 37.5 Å². The van der Waals surface area contributed by atoms with E-state index in [1.165, 1.54) is 4.90 Å². The van der Waals surface area contributed by atoms with Crippen molar-refractivity contribution in [1.29, 1.82) is 0 Å². The van der Waals surface area contributed by atoms with Crippen molar-refractivity contribution in [3.05, 3.63) is 29.3 Å². The number of aliphatic carboxylic acids is 1. The minimum absolute atomic E-state index is 0.325. The second-order valence-electron chi connectivity index (χ2n) is 4.65. The van der Waals surface area contributed by atoms with E-state index in [1.807, 2.05) is 0 Å². The summed E-state index contributed by atoms with van der Waals surface area (Å²) in [6.07, 6.45) is 1.89. The summed E-state index contributed by atoms with van der Waals surface area (Å²) in [5.74, 6) is -1.40. The molecule has 1 fully saturated rings. The number of nitrogens with zero attached hydrogens (tertiary/aromatic N) is 1. The molecule has 0 aliphatic carbocycles. The lowest BCUT2D eigenvalue weighted by atomic mass is 10.1. The predicted octanol–water partition coefficient (Wildman–Crippen LogP) is 2.33. The lowest BCUT2D eigenvalue weighted by Crippen LogP contribution is -2.44. The number of halogens is 1. The van der Waals surface area contributed by atoms with Crippen LogP contribution in [0.15, 0.2) is 24.3 Å². The highest BCUT2D eigenvalue weighted by Gasteiger charge is 2.29. The van der Waals surface area contributed by atoms with Gasteiger partial charge >= 0.3 is 5.97 Å². The number of anilines is 1. The highest BCUT2D eigenvalue weighted by molar-refractivity contribution is 6.31. The number of carboxylic acids is 1. The molecule has 1 aliphatic rings. The molecule has 1 atom stereocenters. The Kier molecular flexibility index (Phi) is 4.98. The molecule has 0 saturated carbocycles. The summed E-state index contributed by atoms with van der Waals surface area (Å²) < 4.78 is 5.44. The van der Waals surface area contributed by atoms with Crippen LogP contribution in [0.3, 0.4) is 0 Å². The lowest BCUT2D eigenvalue weighted by molar-refractivity contribution is -0.139. The Labute approximate surface area is 122 Å². The van der Waals surface area contributed by atoms with Crippen molar-refractivity contribution in [2.24, 2.45) is 0 Å². The van der Waals surface area contributed by atoms with E-state index >= 15 is 0 Å². The number of carboxylic acid groups (broad SMARTS) is 1. The van der Waals surface area contributed by atoms with Crippen LogP contribution in [0.2, 0.25) is 5.02 Å². The third-order valence-corrected chi connectivity index (χ3v) is 3.37. The maximum absolute atomic E-state index is 12.4. The van der Waals surface area contributed by atoms with Crippen LogP contribution in [-0.4, -0.2) is 36.2 Å². The van der Waals surface area contributed by atoms with Crippen LogP contribution in [-0.2, 0) is 14.3 Å². The Morgan fingerprint density at radius 1 is 1.40 bits per heavy atom. The summed E-state index contributed by atoms with van der Waals surface area (Å²) in [5, 5.41) is 9.45. The molecule has 6 heteroatoms. The first-order valence-electron chi connectivity index (χ1n) is 6.48. The van der Waals surface area contributed by atoms with E-state index in [2.05, 4.69) is 0 Å². The largest absolute Gasteiger partial charge is 0.480 e. The smallest absolute Gasteiger partial charge is 0.323 e. The molecule has 2 rings (SSSR count). The molecular formula is C14H16ClNO4. The third kappa shape index (κ3) is 3.71. The Balaban J connectivity index is 2.22. The van der Waals surface area contributed by atoms with E-state index < -0.39 is 18.6 Å². The van der Waals surface area contributed by atoms with Gasteiger partial charge in [0.2, 0.25) is 0 Å². The quantitative estimate of drug-likeness (QED) is 0.926. The zero-order valence-electron chi connectivity index (χ0n) is 10.9. The summed E-state index contributed by atoms with van der Waals surface area (Å²) in [6.45, 7) is 0.131. The van der Waals surface area contributed by atoms with Gasteiger partial charge in [-0.15, -0.1) is 0 Å². The van der Waals surface area contributed by atoms with E-state index in [-0.39, 0.29) is 5.91 Å². The number of hydrogen-bond acceptors (Lipinski definition) is 3. The van der Waals surface area contributed by atoms with E-state index in [4.69, 9.17) is 21.4 Å². The van der Waals surface area contributed by atoms with Crippen LogP contribution in [0, 0.1) is 0 Å². The van der Waals surface area contributed by atoms with Crippen LogP contribution in [0.1, 0.15) is 19.3 Å². The minimum Gasteiger partial charge on any atom is -0.480 e. The Hall–Kier alpha value is -1.59. The molecule has 1 saturated heterocycles. The molecule has 5 nitrogen and oxygen atoms in total. The molecule has 1 aromatic rings. The highest BCUT2D eigenvalue weighted by Crippen LogP contribution is 2.23. The van der Waals surface area contributed by atoms with Gasteiger partial charge in [-0.2, -0.15) is 0 Å². The first kappa shape index (κ1) is 14.8. The molecule has 108 valence electrons. The van der Waals surface area contributed by atoms with Crippen LogP contribution >= 0.6 is 11.6 Å². The number of amides is 1. The topological polar surface area (TPSA) is 66.8 Å². The fourth-order valence-electron chi connectivity index (χ4n) is 2.19. The van der Waals surface area contributed by atoms with Gasteiger partial charge in [0, 0.05) is 17.3 Å². The van der Waals surface area contributed by atoms with Crippen molar-refractivity contribution in [3.63, 3.8) is 0 Å². The molecule has 1 aliphatic heterocycles. The third-order valence-electron chi connectivity index (χ3n) is 3.13. The number of rotatable bonds is 4. The van der Waals surface area contributed by atoms with E-state index in [0.717, 1.165) is 12.8 Å². The second kappa shape index (κ2) is 6.72. The molecule has 20 heavy (non-hydrogen) atoms. The van der Waals surface area contributed by atoms with Gasteiger partial charge in [0.1, 0.15) is 12.6 Å². The fraction of sp³-hybridized carbons (Fsp3) is 0.429. The molecule has 1 unspecified atom stereocenters. The summed E-state index contributed by atoms with van der Waals surface area (Å²) in [4.78, 5) is 24.6. The minimum atomic E-state index is -1.07. The Morgan fingerprint density at radius 2 is 2.20 bits per heavy atom. The number of carbonyl (C=O) groups excluding carboxylic acids is 1. The normalized spacial score (nSPS) is 18.6. The fourth-order valence-corrected chi connectivity index (χ4v) is 2.37. The van der Waals surface area contributed by atoms with Gasteiger partial charge in [0.15, 0.2) is 0 Å². The van der Waals surface area contributed by atoms with Crippen molar-refractivity contribution in [1.82, 2.24) is 0 Å².